The standard InChI is InChI=1S/C37H53N5O7/c1-7-14-26(31(44)33(46)38-20-19-27(43)39-21-23-15-10-8-11-16-23)40-32(45)30-28-25(37(28,5)6)22-42(30)34(47)29(24-17-12-9-13-18-24)41-35(48)49-36(2,3)4/h7-8,10-11,15-16,24-26,28-30H,1,9,12-14,17-22H2,2-6H3,(H,38,46)(H,39,43)(H,40,45)(H,41,48)/t25-,26?,28-,29-,30-/m0/s1. The summed E-state index contributed by atoms with van der Waals surface area (Å²) in [6.45, 7) is 13.7. The van der Waals surface area contributed by atoms with Crippen LogP contribution in [0.25, 0.3) is 0 Å². The number of ether oxygens (including phenoxy) is 1. The zero-order chi connectivity index (χ0) is 35.9. The highest BCUT2D eigenvalue weighted by molar-refractivity contribution is 6.38. The molecule has 12 heteroatoms. The van der Waals surface area contributed by atoms with E-state index < -0.39 is 47.4 Å². The minimum absolute atomic E-state index is 0.00138. The fraction of sp³-hybridized carbons (Fsp3) is 0.622. The van der Waals surface area contributed by atoms with Gasteiger partial charge in [0.1, 0.15) is 23.7 Å². The number of Topliss-reactive ketones (excluding diaryl/α,β-unsaturated/α-hetero) is 1. The molecule has 2 saturated carbocycles. The lowest BCUT2D eigenvalue weighted by Crippen LogP contribution is -2.59. The molecule has 0 spiro atoms. The zero-order valence-electron chi connectivity index (χ0n) is 29.5. The molecule has 5 atom stereocenters. The lowest BCUT2D eigenvalue weighted by atomic mass is 9.83. The van der Waals surface area contributed by atoms with Crippen LogP contribution in [0.3, 0.4) is 0 Å². The van der Waals surface area contributed by atoms with Crippen LogP contribution in [-0.2, 0) is 35.3 Å². The molecule has 268 valence electrons. The van der Waals surface area contributed by atoms with Crippen LogP contribution in [0, 0.1) is 23.2 Å². The molecule has 2 aliphatic carbocycles. The van der Waals surface area contributed by atoms with Crippen LogP contribution in [-0.4, -0.2) is 77.2 Å². The van der Waals surface area contributed by atoms with Crippen LogP contribution < -0.4 is 21.3 Å². The van der Waals surface area contributed by atoms with E-state index in [9.17, 15) is 28.8 Å². The summed E-state index contributed by atoms with van der Waals surface area (Å²) in [6.07, 6.45) is 5.22. The number of rotatable bonds is 14. The number of amides is 5. The molecule has 4 rings (SSSR count). The third-order valence-electron chi connectivity index (χ3n) is 10.0. The van der Waals surface area contributed by atoms with Crippen molar-refractivity contribution < 1.29 is 33.5 Å². The molecule has 1 heterocycles. The normalized spacial score (nSPS) is 22.5. The van der Waals surface area contributed by atoms with Crippen LogP contribution in [0.15, 0.2) is 43.0 Å². The Morgan fingerprint density at radius 1 is 1.00 bits per heavy atom. The first kappa shape index (κ1) is 37.6. The summed E-state index contributed by atoms with van der Waals surface area (Å²) in [5.74, 6) is -3.11. The Morgan fingerprint density at radius 3 is 2.31 bits per heavy atom. The molecule has 0 bridgehead atoms. The number of nitrogens with zero attached hydrogens (tertiary/aromatic N) is 1. The molecule has 4 N–H and O–H groups in total. The molecular formula is C37H53N5O7. The topological polar surface area (TPSA) is 163 Å². The lowest BCUT2D eigenvalue weighted by molar-refractivity contribution is -0.145. The first-order valence-electron chi connectivity index (χ1n) is 17.5. The number of hydrogen-bond acceptors (Lipinski definition) is 7. The molecule has 0 aromatic heterocycles. The number of fused-ring (bicyclic) bond motifs is 1. The molecule has 5 amide bonds. The van der Waals surface area contributed by atoms with Crippen molar-refractivity contribution >= 4 is 35.5 Å². The summed E-state index contributed by atoms with van der Waals surface area (Å²) in [5.41, 5.74) is -0.0151. The highest BCUT2D eigenvalue weighted by Crippen LogP contribution is 2.65. The maximum absolute atomic E-state index is 14.3. The second-order valence-electron chi connectivity index (χ2n) is 15.1. The van der Waals surface area contributed by atoms with Gasteiger partial charge in [-0.05, 0) is 68.8 Å². The van der Waals surface area contributed by atoms with Gasteiger partial charge in [-0.1, -0.05) is 69.5 Å². The summed E-state index contributed by atoms with van der Waals surface area (Å²) in [7, 11) is 0. The summed E-state index contributed by atoms with van der Waals surface area (Å²) in [4.78, 5) is 81.1. The van der Waals surface area contributed by atoms with Crippen molar-refractivity contribution in [3.05, 3.63) is 48.6 Å². The maximum atomic E-state index is 14.3. The number of likely N-dealkylation sites (tertiary alicyclic amines) is 1. The molecular weight excluding hydrogens is 626 g/mol. The Kier molecular flexibility index (Phi) is 12.3. The van der Waals surface area contributed by atoms with E-state index in [-0.39, 0.29) is 54.4 Å². The van der Waals surface area contributed by atoms with Gasteiger partial charge < -0.3 is 30.9 Å². The van der Waals surface area contributed by atoms with Gasteiger partial charge in [0, 0.05) is 26.1 Å². The van der Waals surface area contributed by atoms with Crippen LogP contribution in [0.4, 0.5) is 4.79 Å². The second kappa shape index (κ2) is 16.0. The Labute approximate surface area is 289 Å². The summed E-state index contributed by atoms with van der Waals surface area (Å²) in [5, 5.41) is 10.8. The van der Waals surface area contributed by atoms with Crippen molar-refractivity contribution in [1.82, 2.24) is 26.2 Å². The zero-order valence-corrected chi connectivity index (χ0v) is 29.5. The highest BCUT2D eigenvalue weighted by atomic mass is 16.6. The monoisotopic (exact) mass is 679 g/mol. The Bertz CT molecular complexity index is 1400. The molecule has 1 unspecified atom stereocenters. The van der Waals surface area contributed by atoms with E-state index in [0.717, 1.165) is 37.7 Å². The molecule has 1 aromatic rings. The van der Waals surface area contributed by atoms with Gasteiger partial charge in [-0.2, -0.15) is 0 Å². The van der Waals surface area contributed by atoms with E-state index in [2.05, 4.69) is 41.7 Å². The largest absolute Gasteiger partial charge is 0.444 e. The highest BCUT2D eigenvalue weighted by Gasteiger charge is 2.69. The molecule has 1 aliphatic heterocycles. The van der Waals surface area contributed by atoms with Crippen molar-refractivity contribution in [2.75, 3.05) is 13.1 Å². The molecule has 3 aliphatic rings. The van der Waals surface area contributed by atoms with E-state index in [0.29, 0.717) is 13.1 Å². The van der Waals surface area contributed by atoms with Gasteiger partial charge in [0.15, 0.2) is 0 Å². The smallest absolute Gasteiger partial charge is 0.408 e. The molecule has 1 saturated heterocycles. The molecule has 1 aromatic carbocycles. The molecule has 0 radical (unpaired) electrons. The minimum atomic E-state index is -1.20. The second-order valence-corrected chi connectivity index (χ2v) is 15.1. The van der Waals surface area contributed by atoms with Gasteiger partial charge in [-0.3, -0.25) is 24.0 Å². The van der Waals surface area contributed by atoms with Crippen molar-refractivity contribution in [2.24, 2.45) is 23.2 Å². The molecule has 3 fully saturated rings. The fourth-order valence-electron chi connectivity index (χ4n) is 7.35. The average Bonchev–Trinajstić information content (AvgIpc) is 3.36. The third-order valence-corrected chi connectivity index (χ3v) is 10.0. The maximum Gasteiger partial charge on any atom is 0.408 e. The van der Waals surface area contributed by atoms with E-state index in [1.165, 1.54) is 6.08 Å². The predicted molar refractivity (Wildman–Crippen MR) is 184 cm³/mol. The number of ketones is 1. The number of hydrogen-bond donors (Lipinski definition) is 4. The van der Waals surface area contributed by atoms with E-state index >= 15 is 0 Å². The van der Waals surface area contributed by atoms with E-state index in [1.54, 1.807) is 25.7 Å². The number of carbonyl (C=O) groups excluding carboxylic acids is 6. The van der Waals surface area contributed by atoms with Gasteiger partial charge in [-0.15, -0.1) is 6.58 Å². The van der Waals surface area contributed by atoms with Crippen LogP contribution in [0.1, 0.15) is 85.1 Å². The van der Waals surface area contributed by atoms with Crippen molar-refractivity contribution in [3.63, 3.8) is 0 Å². The lowest BCUT2D eigenvalue weighted by Gasteiger charge is -2.37. The number of alkyl carbamates (subject to hydrolysis) is 1. The van der Waals surface area contributed by atoms with Gasteiger partial charge in [0.2, 0.25) is 23.5 Å². The number of carbonyl (C=O) groups is 6. The summed E-state index contributed by atoms with van der Waals surface area (Å²) in [6, 6.07) is 6.45. The van der Waals surface area contributed by atoms with E-state index in [4.69, 9.17) is 4.74 Å². The van der Waals surface area contributed by atoms with Gasteiger partial charge in [0.05, 0.1) is 0 Å². The number of piperidine rings is 1. The van der Waals surface area contributed by atoms with Crippen LogP contribution in [0.2, 0.25) is 0 Å². The van der Waals surface area contributed by atoms with Gasteiger partial charge in [0.25, 0.3) is 5.91 Å². The SMILES string of the molecule is C=CCC(NC(=O)[C@@H]1[C@@H]2[C@H](CN1C(=O)[C@@H](NC(=O)OC(C)(C)C)C1CCCCC1)C2(C)C)C(=O)C(=O)NCCC(=O)NCc1ccccc1. The molecule has 49 heavy (non-hydrogen) atoms. The van der Waals surface area contributed by atoms with Crippen LogP contribution >= 0.6 is 0 Å². The van der Waals surface area contributed by atoms with Crippen molar-refractivity contribution in [2.45, 2.75) is 110 Å². The van der Waals surface area contributed by atoms with Gasteiger partial charge in [-0.25, -0.2) is 4.79 Å². The molecule has 12 nitrogen and oxygen atoms in total. The average molecular weight is 680 g/mol. The number of nitrogens with one attached hydrogen (secondary N) is 4. The Hall–Kier alpha value is -4.22. The summed E-state index contributed by atoms with van der Waals surface area (Å²) >= 11 is 0. The first-order valence-corrected chi connectivity index (χ1v) is 17.5. The van der Waals surface area contributed by atoms with Crippen molar-refractivity contribution in [1.29, 1.82) is 0 Å². The Balaban J connectivity index is 1.41. The van der Waals surface area contributed by atoms with Crippen LogP contribution in [0.5, 0.6) is 0 Å². The van der Waals surface area contributed by atoms with E-state index in [1.807, 2.05) is 30.3 Å². The Morgan fingerprint density at radius 2 is 1.67 bits per heavy atom. The quantitative estimate of drug-likeness (QED) is 0.173. The predicted octanol–water partition coefficient (Wildman–Crippen LogP) is 3.40. The first-order chi connectivity index (χ1) is 23.1. The van der Waals surface area contributed by atoms with Crippen molar-refractivity contribution in [3.8, 4) is 0 Å². The fourth-order valence-corrected chi connectivity index (χ4v) is 7.35. The third kappa shape index (κ3) is 9.70. The summed E-state index contributed by atoms with van der Waals surface area (Å²) < 4.78 is 5.50. The number of benzene rings is 1. The minimum Gasteiger partial charge on any atom is -0.444 e. The van der Waals surface area contributed by atoms with Gasteiger partial charge >= 0.3 is 6.09 Å².